The standard InChI is InChI=1S/C24H20F3N3O3/c25-17-9-16(10-18(26)12-17)20-3-4-21-30(20)23(32)24(33-21)5-7-29(8-6-24)22(31)14-1-2-15(13-28)19(27)11-14/h1-2,9-12,20-21H,3-8H2/t20-,21+/m0/s1. The van der Waals surface area contributed by atoms with E-state index in [1.165, 1.54) is 29.2 Å². The van der Waals surface area contributed by atoms with Crippen molar-refractivity contribution in [3.8, 4) is 6.07 Å². The van der Waals surface area contributed by atoms with Crippen LogP contribution in [0.4, 0.5) is 13.2 Å². The van der Waals surface area contributed by atoms with E-state index in [0.717, 1.165) is 12.1 Å². The molecule has 2 aromatic rings. The molecule has 2 atom stereocenters. The van der Waals surface area contributed by atoms with E-state index in [2.05, 4.69) is 0 Å². The molecule has 1 spiro atoms. The van der Waals surface area contributed by atoms with Crippen LogP contribution < -0.4 is 0 Å². The summed E-state index contributed by atoms with van der Waals surface area (Å²) >= 11 is 0. The van der Waals surface area contributed by atoms with Crippen LogP contribution in [-0.4, -0.2) is 46.5 Å². The van der Waals surface area contributed by atoms with Crippen LogP contribution in [0.5, 0.6) is 0 Å². The molecule has 2 aromatic carbocycles. The molecule has 0 aromatic heterocycles. The number of hydrogen-bond donors (Lipinski definition) is 0. The fraction of sp³-hybridized carbons (Fsp3) is 0.375. The molecule has 0 unspecified atom stereocenters. The SMILES string of the molecule is N#Cc1ccc(C(=O)N2CCC3(CC2)O[C@@H]2CC[C@@H](c4cc(F)cc(F)c4)N2C3=O)cc1F. The third-order valence-electron chi connectivity index (χ3n) is 6.78. The highest BCUT2D eigenvalue weighted by molar-refractivity contribution is 5.95. The Morgan fingerprint density at radius 3 is 2.39 bits per heavy atom. The van der Waals surface area contributed by atoms with E-state index in [0.29, 0.717) is 18.4 Å². The van der Waals surface area contributed by atoms with Gasteiger partial charge in [-0.05, 0) is 48.7 Å². The minimum atomic E-state index is -1.08. The number of ether oxygens (including phenoxy) is 1. The molecule has 9 heteroatoms. The summed E-state index contributed by atoms with van der Waals surface area (Å²) in [7, 11) is 0. The third kappa shape index (κ3) is 3.55. The maximum atomic E-state index is 13.9. The molecule has 6 nitrogen and oxygen atoms in total. The molecule has 0 bridgehead atoms. The van der Waals surface area contributed by atoms with Crippen molar-refractivity contribution in [2.45, 2.75) is 43.6 Å². The lowest BCUT2D eigenvalue weighted by molar-refractivity contribution is -0.142. The van der Waals surface area contributed by atoms with Crippen molar-refractivity contribution < 1.29 is 27.5 Å². The number of likely N-dealkylation sites (tertiary alicyclic amines) is 1. The van der Waals surface area contributed by atoms with E-state index in [4.69, 9.17) is 10.00 Å². The minimum Gasteiger partial charge on any atom is -0.342 e. The number of nitrogens with zero attached hydrogens (tertiary/aromatic N) is 3. The number of carbonyl (C=O) groups is 2. The highest BCUT2D eigenvalue weighted by Crippen LogP contribution is 2.47. The summed E-state index contributed by atoms with van der Waals surface area (Å²) in [6.07, 6.45) is 1.18. The third-order valence-corrected chi connectivity index (χ3v) is 6.78. The van der Waals surface area contributed by atoms with Crippen LogP contribution in [-0.2, 0) is 9.53 Å². The lowest BCUT2D eigenvalue weighted by Crippen LogP contribution is -2.51. The summed E-state index contributed by atoms with van der Waals surface area (Å²) in [4.78, 5) is 29.3. The van der Waals surface area contributed by atoms with Gasteiger partial charge < -0.3 is 14.5 Å². The van der Waals surface area contributed by atoms with Crippen molar-refractivity contribution in [1.29, 1.82) is 5.26 Å². The quantitative estimate of drug-likeness (QED) is 0.693. The average Bonchev–Trinajstić information content (AvgIpc) is 3.31. The summed E-state index contributed by atoms with van der Waals surface area (Å²) < 4.78 is 47.6. The molecule has 2 amide bonds. The maximum absolute atomic E-state index is 13.9. The molecule has 0 N–H and O–H groups in total. The second-order valence-electron chi connectivity index (χ2n) is 8.67. The molecule has 3 aliphatic rings. The minimum absolute atomic E-state index is 0.134. The predicted octanol–water partition coefficient (Wildman–Crippen LogP) is 3.67. The first-order valence-corrected chi connectivity index (χ1v) is 10.8. The number of fused-ring (bicyclic) bond motifs is 1. The van der Waals surface area contributed by atoms with Crippen LogP contribution >= 0.6 is 0 Å². The smallest absolute Gasteiger partial charge is 0.257 e. The predicted molar refractivity (Wildman–Crippen MR) is 109 cm³/mol. The van der Waals surface area contributed by atoms with E-state index < -0.39 is 35.3 Å². The zero-order valence-corrected chi connectivity index (χ0v) is 17.6. The molecule has 3 saturated heterocycles. The van der Waals surface area contributed by atoms with E-state index in [-0.39, 0.29) is 48.9 Å². The molecule has 3 fully saturated rings. The van der Waals surface area contributed by atoms with Gasteiger partial charge in [0.05, 0.1) is 11.6 Å². The molecule has 3 aliphatic heterocycles. The van der Waals surface area contributed by atoms with Crippen LogP contribution in [0.2, 0.25) is 0 Å². The van der Waals surface area contributed by atoms with Crippen LogP contribution in [0.15, 0.2) is 36.4 Å². The molecular weight excluding hydrogens is 435 g/mol. The largest absolute Gasteiger partial charge is 0.342 e. The van der Waals surface area contributed by atoms with Gasteiger partial charge in [-0.25, -0.2) is 13.2 Å². The van der Waals surface area contributed by atoms with Crippen molar-refractivity contribution in [2.75, 3.05) is 13.1 Å². The van der Waals surface area contributed by atoms with Gasteiger partial charge in [-0.2, -0.15) is 5.26 Å². The zero-order valence-electron chi connectivity index (χ0n) is 17.6. The number of hydrogen-bond acceptors (Lipinski definition) is 4. The molecule has 5 rings (SSSR count). The first-order valence-electron chi connectivity index (χ1n) is 10.8. The second-order valence-corrected chi connectivity index (χ2v) is 8.67. The van der Waals surface area contributed by atoms with E-state index >= 15 is 0 Å². The Balaban J connectivity index is 1.30. The van der Waals surface area contributed by atoms with Gasteiger partial charge in [0.15, 0.2) is 5.60 Å². The lowest BCUT2D eigenvalue weighted by Gasteiger charge is -2.37. The molecule has 33 heavy (non-hydrogen) atoms. The molecule has 0 aliphatic carbocycles. The Kier molecular flexibility index (Phi) is 5.13. The topological polar surface area (TPSA) is 73.6 Å². The monoisotopic (exact) mass is 455 g/mol. The van der Waals surface area contributed by atoms with Gasteiger partial charge in [-0.3, -0.25) is 9.59 Å². The van der Waals surface area contributed by atoms with Crippen molar-refractivity contribution >= 4 is 11.8 Å². The Labute approximate surface area is 188 Å². The van der Waals surface area contributed by atoms with E-state index in [1.54, 1.807) is 11.0 Å². The van der Waals surface area contributed by atoms with Gasteiger partial charge in [0.2, 0.25) is 0 Å². The zero-order chi connectivity index (χ0) is 23.3. The summed E-state index contributed by atoms with van der Waals surface area (Å²) in [5, 5.41) is 8.85. The van der Waals surface area contributed by atoms with Gasteiger partial charge in [-0.15, -0.1) is 0 Å². The van der Waals surface area contributed by atoms with Gasteiger partial charge in [0.1, 0.15) is 29.7 Å². The molecule has 3 heterocycles. The normalized spacial score (nSPS) is 23.6. The number of benzene rings is 2. The average molecular weight is 455 g/mol. The number of piperidine rings is 1. The Hall–Kier alpha value is -3.38. The first-order chi connectivity index (χ1) is 15.8. The number of carbonyl (C=O) groups excluding carboxylic acids is 2. The molecule has 0 radical (unpaired) electrons. The maximum Gasteiger partial charge on any atom is 0.257 e. The first kappa shape index (κ1) is 21.5. The number of nitriles is 1. The second kappa shape index (κ2) is 7.89. The van der Waals surface area contributed by atoms with Crippen LogP contribution in [0.25, 0.3) is 0 Å². The van der Waals surface area contributed by atoms with Gasteiger partial charge in [-0.1, -0.05) is 0 Å². The van der Waals surface area contributed by atoms with Crippen LogP contribution in [0, 0.1) is 28.8 Å². The van der Waals surface area contributed by atoms with Gasteiger partial charge >= 0.3 is 0 Å². The Bertz CT molecular complexity index is 1170. The summed E-state index contributed by atoms with van der Waals surface area (Å²) in [5.74, 6) is -2.75. The number of halogens is 3. The number of amides is 2. The van der Waals surface area contributed by atoms with Gasteiger partial charge in [0.25, 0.3) is 11.8 Å². The lowest BCUT2D eigenvalue weighted by atomic mass is 9.89. The van der Waals surface area contributed by atoms with E-state index in [9.17, 15) is 22.8 Å². The van der Waals surface area contributed by atoms with Crippen LogP contribution in [0.3, 0.4) is 0 Å². The van der Waals surface area contributed by atoms with Gasteiger partial charge in [0, 0.05) is 37.6 Å². The number of rotatable bonds is 2. The van der Waals surface area contributed by atoms with Crippen molar-refractivity contribution in [1.82, 2.24) is 9.80 Å². The Morgan fingerprint density at radius 1 is 1.06 bits per heavy atom. The molecule has 170 valence electrons. The summed E-state index contributed by atoms with van der Waals surface area (Å²) in [6, 6.07) is 8.25. The Morgan fingerprint density at radius 2 is 1.76 bits per heavy atom. The highest BCUT2D eigenvalue weighted by atomic mass is 19.1. The molecular formula is C24H20F3N3O3. The summed E-state index contributed by atoms with van der Waals surface area (Å²) in [6.45, 7) is 0.484. The van der Waals surface area contributed by atoms with Crippen molar-refractivity contribution in [2.24, 2.45) is 0 Å². The van der Waals surface area contributed by atoms with Crippen LogP contribution in [0.1, 0.15) is 53.2 Å². The summed E-state index contributed by atoms with van der Waals surface area (Å²) in [5.41, 5.74) is -0.682. The fourth-order valence-electron chi connectivity index (χ4n) is 5.13. The molecule has 0 saturated carbocycles. The van der Waals surface area contributed by atoms with Crippen molar-refractivity contribution in [3.05, 3.63) is 70.5 Å². The van der Waals surface area contributed by atoms with E-state index in [1.807, 2.05) is 0 Å². The van der Waals surface area contributed by atoms with Crippen molar-refractivity contribution in [3.63, 3.8) is 0 Å². The highest BCUT2D eigenvalue weighted by Gasteiger charge is 2.58. The fourth-order valence-corrected chi connectivity index (χ4v) is 5.13.